The zero-order valence-corrected chi connectivity index (χ0v) is 19.5. The Morgan fingerprint density at radius 2 is 1.71 bits per heavy atom. The molecule has 7 heteroatoms. The molecule has 31 heavy (non-hydrogen) atoms. The first-order valence-electron chi connectivity index (χ1n) is 10.4. The summed E-state index contributed by atoms with van der Waals surface area (Å²) in [6, 6.07) is 8.42. The average Bonchev–Trinajstić information content (AvgIpc) is 3.02. The van der Waals surface area contributed by atoms with E-state index in [1.807, 2.05) is 19.9 Å². The Bertz CT molecular complexity index is 1220. The molecule has 0 aliphatic rings. The number of aryl methyl sites for hydroxylation is 4. The van der Waals surface area contributed by atoms with Crippen LogP contribution in [-0.4, -0.2) is 21.0 Å². The maximum Gasteiger partial charge on any atom is 0.342 e. The molecule has 0 spiro atoms. The van der Waals surface area contributed by atoms with Crippen LogP contribution in [0.4, 0.5) is 5.69 Å². The molecule has 0 atom stereocenters. The maximum atomic E-state index is 13.0. The highest BCUT2D eigenvalue weighted by molar-refractivity contribution is 7.92. The molecule has 0 radical (unpaired) electrons. The van der Waals surface area contributed by atoms with E-state index < -0.39 is 16.0 Å². The number of esters is 1. The van der Waals surface area contributed by atoms with Gasteiger partial charge in [-0.05, 0) is 75.1 Å². The molecule has 0 aliphatic carbocycles. The van der Waals surface area contributed by atoms with Gasteiger partial charge in [-0.1, -0.05) is 25.8 Å². The van der Waals surface area contributed by atoms with Crippen molar-refractivity contribution in [2.24, 2.45) is 0 Å². The number of rotatable bonds is 8. The lowest BCUT2D eigenvalue weighted by molar-refractivity contribution is 0.0498. The topological polar surface area (TPSA) is 85.6 Å². The summed E-state index contributed by atoms with van der Waals surface area (Å²) in [5, 5.41) is 0.523. The molecule has 1 N–H and O–H groups in total. The Balaban J connectivity index is 1.92. The lowest BCUT2D eigenvalue weighted by atomic mass is 10.1. The highest BCUT2D eigenvalue weighted by atomic mass is 32.2. The molecule has 1 aromatic heterocycles. The second kappa shape index (κ2) is 9.14. The quantitative estimate of drug-likeness (QED) is 0.350. The van der Waals surface area contributed by atoms with Gasteiger partial charge < -0.3 is 9.15 Å². The van der Waals surface area contributed by atoms with Crippen molar-refractivity contribution in [2.45, 2.75) is 58.8 Å². The van der Waals surface area contributed by atoms with Crippen LogP contribution in [0.1, 0.15) is 59.0 Å². The van der Waals surface area contributed by atoms with Crippen LogP contribution in [0.5, 0.6) is 0 Å². The van der Waals surface area contributed by atoms with Crippen LogP contribution < -0.4 is 4.72 Å². The fourth-order valence-electron chi connectivity index (χ4n) is 3.56. The number of unbranched alkanes of at least 4 members (excludes halogenated alkanes) is 2. The van der Waals surface area contributed by atoms with Gasteiger partial charge in [0.1, 0.15) is 16.9 Å². The molecule has 0 amide bonds. The van der Waals surface area contributed by atoms with Crippen LogP contribution in [0.25, 0.3) is 11.0 Å². The number of nitrogens with one attached hydrogen (secondary N) is 1. The van der Waals surface area contributed by atoms with Gasteiger partial charge in [0.15, 0.2) is 0 Å². The molecule has 0 aliphatic heterocycles. The number of carbonyl (C=O) groups excluding carboxylic acids is 1. The van der Waals surface area contributed by atoms with Crippen molar-refractivity contribution in [2.75, 3.05) is 11.3 Å². The van der Waals surface area contributed by atoms with E-state index in [0.717, 1.165) is 30.4 Å². The molecule has 1 heterocycles. The van der Waals surface area contributed by atoms with Crippen LogP contribution >= 0.6 is 0 Å². The van der Waals surface area contributed by atoms with Gasteiger partial charge in [0.2, 0.25) is 0 Å². The summed E-state index contributed by atoms with van der Waals surface area (Å²) in [4.78, 5) is 12.8. The summed E-state index contributed by atoms with van der Waals surface area (Å²) in [7, 11) is -3.80. The van der Waals surface area contributed by atoms with E-state index in [2.05, 4.69) is 11.6 Å². The first-order chi connectivity index (χ1) is 14.6. The van der Waals surface area contributed by atoms with Gasteiger partial charge in [-0.15, -0.1) is 0 Å². The van der Waals surface area contributed by atoms with Crippen molar-refractivity contribution in [3.8, 4) is 0 Å². The lowest BCUT2D eigenvalue weighted by Gasteiger charge is -2.13. The van der Waals surface area contributed by atoms with Crippen LogP contribution in [-0.2, 0) is 14.8 Å². The minimum Gasteiger partial charge on any atom is -0.462 e. The maximum absolute atomic E-state index is 13.0. The van der Waals surface area contributed by atoms with E-state index in [4.69, 9.17) is 9.15 Å². The molecular formula is C24H29NO5S. The number of ether oxygens (including phenoxy) is 1. The molecular weight excluding hydrogens is 414 g/mol. The number of sulfonamides is 1. The van der Waals surface area contributed by atoms with Gasteiger partial charge in [-0.25, -0.2) is 13.2 Å². The molecule has 166 valence electrons. The summed E-state index contributed by atoms with van der Waals surface area (Å²) >= 11 is 0. The first kappa shape index (κ1) is 22.9. The second-order valence-corrected chi connectivity index (χ2v) is 9.55. The van der Waals surface area contributed by atoms with E-state index in [-0.39, 0.29) is 4.90 Å². The summed E-state index contributed by atoms with van der Waals surface area (Å²) < 4.78 is 39.8. The van der Waals surface area contributed by atoms with Gasteiger partial charge in [-0.3, -0.25) is 4.72 Å². The number of furan rings is 1. The van der Waals surface area contributed by atoms with Gasteiger partial charge in [0.25, 0.3) is 10.0 Å². The second-order valence-electron chi connectivity index (χ2n) is 7.89. The zero-order valence-electron chi connectivity index (χ0n) is 18.7. The third kappa shape index (κ3) is 4.93. The Kier molecular flexibility index (Phi) is 6.74. The molecule has 3 rings (SSSR count). The van der Waals surface area contributed by atoms with Crippen molar-refractivity contribution < 1.29 is 22.4 Å². The Hall–Kier alpha value is -2.80. The fourth-order valence-corrected chi connectivity index (χ4v) is 4.92. The SMILES string of the molecule is CCCCCOC(=O)c1c(C)oc2ccc(NS(=O)(=O)c3cc(C)c(C)cc3C)cc12. The number of hydrogen-bond donors (Lipinski definition) is 1. The fraction of sp³-hybridized carbons (Fsp3) is 0.375. The monoisotopic (exact) mass is 443 g/mol. The molecule has 2 aromatic carbocycles. The first-order valence-corrected chi connectivity index (χ1v) is 11.9. The molecule has 0 bridgehead atoms. The Labute approximate surface area is 183 Å². The largest absolute Gasteiger partial charge is 0.462 e. The van der Waals surface area contributed by atoms with Crippen molar-refractivity contribution in [1.29, 1.82) is 0 Å². The third-order valence-electron chi connectivity index (χ3n) is 5.38. The van der Waals surface area contributed by atoms with E-state index >= 15 is 0 Å². The molecule has 6 nitrogen and oxygen atoms in total. The lowest BCUT2D eigenvalue weighted by Crippen LogP contribution is -2.15. The summed E-state index contributed by atoms with van der Waals surface area (Å²) in [6.07, 6.45) is 2.83. The van der Waals surface area contributed by atoms with Gasteiger partial charge in [-0.2, -0.15) is 0 Å². The Morgan fingerprint density at radius 1 is 1.00 bits per heavy atom. The minimum atomic E-state index is -3.80. The Morgan fingerprint density at radius 3 is 2.42 bits per heavy atom. The number of carbonyl (C=O) groups is 1. The normalized spacial score (nSPS) is 11.6. The molecule has 0 saturated carbocycles. The standard InChI is InChI=1S/C24H29NO5S/c1-6-7-8-11-29-24(26)23-18(5)30-21-10-9-19(14-20(21)23)25-31(27,28)22-13-16(3)15(2)12-17(22)4/h9-10,12-14,25H,6-8,11H2,1-5H3. The summed E-state index contributed by atoms with van der Waals surface area (Å²) in [5.41, 5.74) is 3.80. The van der Waals surface area contributed by atoms with Crippen LogP contribution in [0, 0.1) is 27.7 Å². The number of fused-ring (bicyclic) bond motifs is 1. The van der Waals surface area contributed by atoms with Gasteiger partial charge in [0.05, 0.1) is 11.5 Å². The number of anilines is 1. The van der Waals surface area contributed by atoms with Crippen LogP contribution in [0.15, 0.2) is 39.6 Å². The predicted molar refractivity (Wildman–Crippen MR) is 122 cm³/mol. The van der Waals surface area contributed by atoms with Crippen molar-refractivity contribution in [1.82, 2.24) is 0 Å². The summed E-state index contributed by atoms with van der Waals surface area (Å²) in [5.74, 6) is -0.0159. The van der Waals surface area contributed by atoms with E-state index in [1.54, 1.807) is 38.1 Å². The third-order valence-corrected chi connectivity index (χ3v) is 6.91. The summed E-state index contributed by atoms with van der Waals surface area (Å²) in [6.45, 7) is 9.73. The molecule has 0 unspecified atom stereocenters. The molecule has 3 aromatic rings. The van der Waals surface area contributed by atoms with E-state index in [1.165, 1.54) is 0 Å². The van der Waals surface area contributed by atoms with Crippen molar-refractivity contribution >= 4 is 32.6 Å². The zero-order chi connectivity index (χ0) is 22.8. The number of hydrogen-bond acceptors (Lipinski definition) is 5. The van der Waals surface area contributed by atoms with Crippen LogP contribution in [0.2, 0.25) is 0 Å². The number of benzene rings is 2. The highest BCUT2D eigenvalue weighted by Crippen LogP contribution is 2.30. The van der Waals surface area contributed by atoms with Crippen molar-refractivity contribution in [3.63, 3.8) is 0 Å². The van der Waals surface area contributed by atoms with E-state index in [0.29, 0.717) is 40.2 Å². The predicted octanol–water partition coefficient (Wildman–Crippen LogP) is 5.81. The van der Waals surface area contributed by atoms with Gasteiger partial charge >= 0.3 is 5.97 Å². The minimum absolute atomic E-state index is 0.231. The highest BCUT2D eigenvalue weighted by Gasteiger charge is 2.22. The van der Waals surface area contributed by atoms with Crippen molar-refractivity contribution in [3.05, 3.63) is 58.3 Å². The van der Waals surface area contributed by atoms with Gasteiger partial charge in [0, 0.05) is 11.1 Å². The average molecular weight is 444 g/mol. The van der Waals surface area contributed by atoms with E-state index in [9.17, 15) is 13.2 Å². The molecule has 0 saturated heterocycles. The molecule has 0 fully saturated rings. The smallest absolute Gasteiger partial charge is 0.342 e. The van der Waals surface area contributed by atoms with Crippen LogP contribution in [0.3, 0.4) is 0 Å².